The summed E-state index contributed by atoms with van der Waals surface area (Å²) in [5, 5.41) is 0. The van der Waals surface area contributed by atoms with Crippen molar-refractivity contribution in [3.8, 4) is 0 Å². The Balaban J connectivity index is 3.57. The van der Waals surface area contributed by atoms with Crippen LogP contribution in [0.15, 0.2) is 0 Å². The van der Waals surface area contributed by atoms with Crippen molar-refractivity contribution in [2.75, 3.05) is 34.3 Å². The van der Waals surface area contributed by atoms with Gasteiger partial charge in [-0.3, -0.25) is 0 Å². The molecule has 0 unspecified atom stereocenters. The van der Waals surface area contributed by atoms with Gasteiger partial charge in [-0.05, 0) is 20.3 Å². The average Bonchev–Trinajstić information content (AvgIpc) is 1.84. The fourth-order valence-corrected chi connectivity index (χ4v) is 0.698. The minimum atomic E-state index is 0.0508. The lowest BCUT2D eigenvalue weighted by Gasteiger charge is -2.28. The molecule has 0 heterocycles. The Kier molecular flexibility index (Phi) is 4.21. The largest absolute Gasteiger partial charge is 0.370 e. The maximum atomic E-state index is 5.74. The number of nitrogens with zero attached hydrogens (tertiary/aromatic N) is 1. The summed E-state index contributed by atoms with van der Waals surface area (Å²) in [4.78, 5) is 0. The number of ether oxygens (including phenoxy) is 1. The number of quaternary nitrogens is 1. The molecule has 0 aromatic rings. The van der Waals surface area contributed by atoms with Crippen molar-refractivity contribution in [2.45, 2.75) is 32.8 Å². The number of hydrogen-bond acceptors (Lipinski definition) is 1. The van der Waals surface area contributed by atoms with Crippen molar-refractivity contribution in [3.05, 3.63) is 0 Å². The van der Waals surface area contributed by atoms with Crippen molar-refractivity contribution >= 4 is 0 Å². The Morgan fingerprint density at radius 1 is 1.17 bits per heavy atom. The molecule has 0 atom stereocenters. The normalized spacial score (nSPS) is 13.5. The van der Waals surface area contributed by atoms with Crippen molar-refractivity contribution in [3.63, 3.8) is 0 Å². The first-order valence-corrected chi connectivity index (χ1v) is 4.71. The van der Waals surface area contributed by atoms with E-state index in [1.54, 1.807) is 0 Å². The molecule has 2 nitrogen and oxygen atoms in total. The molecule has 0 fully saturated rings. The molecule has 74 valence electrons. The molecule has 12 heavy (non-hydrogen) atoms. The fourth-order valence-electron chi connectivity index (χ4n) is 0.698. The van der Waals surface area contributed by atoms with Crippen molar-refractivity contribution < 1.29 is 9.22 Å². The summed E-state index contributed by atoms with van der Waals surface area (Å²) < 4.78 is 6.71. The van der Waals surface area contributed by atoms with E-state index in [0.717, 1.165) is 24.1 Å². The lowest BCUT2D eigenvalue weighted by atomic mass is 10.1. The van der Waals surface area contributed by atoms with E-state index in [9.17, 15) is 0 Å². The smallest absolute Gasteiger partial charge is 0.102 e. The van der Waals surface area contributed by atoms with Gasteiger partial charge in [-0.15, -0.1) is 0 Å². The van der Waals surface area contributed by atoms with Crippen LogP contribution in [-0.4, -0.2) is 44.4 Å². The first-order valence-electron chi connectivity index (χ1n) is 4.71. The summed E-state index contributed by atoms with van der Waals surface area (Å²) in [6, 6.07) is 0. The second-order valence-corrected chi connectivity index (χ2v) is 4.98. The van der Waals surface area contributed by atoms with Crippen LogP contribution in [0.1, 0.15) is 27.2 Å². The van der Waals surface area contributed by atoms with E-state index in [1.165, 1.54) is 0 Å². The monoisotopic (exact) mass is 174 g/mol. The number of hydrogen-bond donors (Lipinski definition) is 0. The second kappa shape index (κ2) is 4.24. The molecular weight excluding hydrogens is 150 g/mol. The van der Waals surface area contributed by atoms with Crippen LogP contribution in [0.2, 0.25) is 0 Å². The Bertz CT molecular complexity index is 124. The molecule has 0 aliphatic rings. The van der Waals surface area contributed by atoms with Gasteiger partial charge in [0.05, 0.1) is 33.4 Å². The lowest BCUT2D eigenvalue weighted by Crippen LogP contribution is -2.39. The first kappa shape index (κ1) is 11.9. The van der Waals surface area contributed by atoms with Gasteiger partial charge in [-0.2, -0.15) is 0 Å². The molecular formula is C10H24NO+. The van der Waals surface area contributed by atoms with Crippen LogP contribution >= 0.6 is 0 Å². The SMILES string of the molecule is CCC(C)(C)OCC[N+](C)(C)C. The summed E-state index contributed by atoms with van der Waals surface area (Å²) in [5.41, 5.74) is 0.0508. The van der Waals surface area contributed by atoms with Crippen LogP contribution in [0.3, 0.4) is 0 Å². The molecule has 0 rings (SSSR count). The van der Waals surface area contributed by atoms with Gasteiger partial charge in [0.25, 0.3) is 0 Å². The summed E-state index contributed by atoms with van der Waals surface area (Å²) in [6.07, 6.45) is 1.07. The highest BCUT2D eigenvalue weighted by Gasteiger charge is 2.16. The van der Waals surface area contributed by atoms with E-state index in [0.29, 0.717) is 0 Å². The summed E-state index contributed by atoms with van der Waals surface area (Å²) in [7, 11) is 6.55. The van der Waals surface area contributed by atoms with Gasteiger partial charge >= 0.3 is 0 Å². The summed E-state index contributed by atoms with van der Waals surface area (Å²) in [6.45, 7) is 8.37. The molecule has 0 N–H and O–H groups in total. The van der Waals surface area contributed by atoms with Crippen LogP contribution in [0.5, 0.6) is 0 Å². The van der Waals surface area contributed by atoms with Crippen molar-refractivity contribution in [1.82, 2.24) is 0 Å². The maximum Gasteiger partial charge on any atom is 0.102 e. The van der Waals surface area contributed by atoms with Crippen LogP contribution in [-0.2, 0) is 4.74 Å². The van der Waals surface area contributed by atoms with Gasteiger partial charge < -0.3 is 9.22 Å². The van der Waals surface area contributed by atoms with Gasteiger partial charge in [-0.1, -0.05) is 6.92 Å². The second-order valence-electron chi connectivity index (χ2n) is 4.98. The van der Waals surface area contributed by atoms with E-state index < -0.39 is 0 Å². The summed E-state index contributed by atoms with van der Waals surface area (Å²) in [5.74, 6) is 0. The fraction of sp³-hybridized carbons (Fsp3) is 1.00. The molecule has 0 saturated heterocycles. The predicted octanol–water partition coefficient (Wildman–Crippen LogP) is 1.90. The van der Waals surface area contributed by atoms with Crippen molar-refractivity contribution in [1.29, 1.82) is 0 Å². The zero-order valence-corrected chi connectivity index (χ0v) is 9.48. The van der Waals surface area contributed by atoms with E-state index in [4.69, 9.17) is 4.74 Å². The van der Waals surface area contributed by atoms with Gasteiger partial charge in [0.1, 0.15) is 6.54 Å². The molecule has 0 saturated carbocycles. The average molecular weight is 174 g/mol. The molecule has 0 aliphatic carbocycles. The molecule has 0 aromatic carbocycles. The molecule has 0 amide bonds. The van der Waals surface area contributed by atoms with E-state index in [2.05, 4.69) is 41.9 Å². The third-order valence-electron chi connectivity index (χ3n) is 2.11. The van der Waals surface area contributed by atoms with Gasteiger partial charge in [-0.25, -0.2) is 0 Å². The molecule has 0 aliphatic heterocycles. The standard InChI is InChI=1S/C10H24NO/c1-7-10(2,3)12-9-8-11(4,5)6/h7-9H2,1-6H3/q+1. The summed E-state index contributed by atoms with van der Waals surface area (Å²) >= 11 is 0. The van der Waals surface area contributed by atoms with Crippen LogP contribution in [0.4, 0.5) is 0 Å². The minimum absolute atomic E-state index is 0.0508. The van der Waals surface area contributed by atoms with E-state index in [1.807, 2.05) is 0 Å². The molecule has 2 heteroatoms. The molecule has 0 spiro atoms. The lowest BCUT2D eigenvalue weighted by molar-refractivity contribution is -0.871. The number of rotatable bonds is 5. The molecule has 0 bridgehead atoms. The van der Waals surface area contributed by atoms with E-state index in [-0.39, 0.29) is 5.60 Å². The Morgan fingerprint density at radius 2 is 1.67 bits per heavy atom. The maximum absolute atomic E-state index is 5.74. The first-order chi connectivity index (χ1) is 5.27. The van der Waals surface area contributed by atoms with Crippen LogP contribution in [0.25, 0.3) is 0 Å². The van der Waals surface area contributed by atoms with Crippen LogP contribution in [0, 0.1) is 0 Å². The number of likely N-dealkylation sites (N-methyl/N-ethyl adjacent to an activating group) is 1. The predicted molar refractivity (Wildman–Crippen MR) is 53.2 cm³/mol. The van der Waals surface area contributed by atoms with Gasteiger partial charge in [0, 0.05) is 0 Å². The highest BCUT2D eigenvalue weighted by atomic mass is 16.5. The van der Waals surface area contributed by atoms with Gasteiger partial charge in [0.2, 0.25) is 0 Å². The highest BCUT2D eigenvalue weighted by molar-refractivity contribution is 4.64. The highest BCUT2D eigenvalue weighted by Crippen LogP contribution is 2.13. The van der Waals surface area contributed by atoms with Gasteiger partial charge in [0.15, 0.2) is 0 Å². The minimum Gasteiger partial charge on any atom is -0.370 e. The van der Waals surface area contributed by atoms with Crippen LogP contribution < -0.4 is 0 Å². The zero-order valence-electron chi connectivity index (χ0n) is 9.48. The van der Waals surface area contributed by atoms with E-state index >= 15 is 0 Å². The third kappa shape index (κ3) is 6.62. The Labute approximate surface area is 77.1 Å². The Morgan fingerprint density at radius 3 is 2.00 bits per heavy atom. The quantitative estimate of drug-likeness (QED) is 0.578. The molecule has 0 aromatic heterocycles. The molecule has 0 radical (unpaired) electrons. The topological polar surface area (TPSA) is 9.23 Å². The van der Waals surface area contributed by atoms with Crippen molar-refractivity contribution in [2.24, 2.45) is 0 Å². The Hall–Kier alpha value is -0.0800. The zero-order chi connectivity index (χ0) is 9.83. The third-order valence-corrected chi connectivity index (χ3v) is 2.11.